The fraction of sp³-hybridized carbons (Fsp3) is 0.700. The van der Waals surface area contributed by atoms with Gasteiger partial charge in [0.1, 0.15) is 5.82 Å². The van der Waals surface area contributed by atoms with E-state index in [4.69, 9.17) is 14.6 Å². The number of hydrogen-bond acceptors (Lipinski definition) is 6. The molecule has 1 heterocycles. The molecule has 0 radical (unpaired) electrons. The molecule has 0 spiro atoms. The molecule has 0 aliphatic heterocycles. The molecule has 0 unspecified atom stereocenters. The molecule has 0 aromatic carbocycles. The fourth-order valence-electron chi connectivity index (χ4n) is 1.34. The second-order valence-electron chi connectivity index (χ2n) is 3.47. The molecule has 1 N–H and O–H groups in total. The highest BCUT2D eigenvalue weighted by atomic mass is 32.2. The van der Waals surface area contributed by atoms with E-state index in [0.717, 1.165) is 17.6 Å². The second kappa shape index (κ2) is 8.06. The van der Waals surface area contributed by atoms with E-state index in [2.05, 4.69) is 10.2 Å². The first-order valence-corrected chi connectivity index (χ1v) is 6.42. The minimum absolute atomic E-state index is 0.0323. The Morgan fingerprint density at radius 3 is 2.67 bits per heavy atom. The molecule has 0 fully saturated rings. The van der Waals surface area contributed by atoms with Gasteiger partial charge in [-0.15, -0.1) is 10.2 Å². The van der Waals surface area contributed by atoms with Crippen LogP contribution in [0.15, 0.2) is 5.16 Å². The van der Waals surface area contributed by atoms with Crippen LogP contribution in [-0.2, 0) is 27.2 Å². The lowest BCUT2D eigenvalue weighted by Gasteiger charge is -2.08. The summed E-state index contributed by atoms with van der Waals surface area (Å²) < 4.78 is 11.9. The van der Waals surface area contributed by atoms with Crippen molar-refractivity contribution in [2.45, 2.75) is 18.1 Å². The van der Waals surface area contributed by atoms with Crippen LogP contribution >= 0.6 is 11.8 Å². The van der Waals surface area contributed by atoms with Gasteiger partial charge in [0.05, 0.1) is 19.0 Å². The summed E-state index contributed by atoms with van der Waals surface area (Å²) in [6.07, 6.45) is 0.640. The molecular formula is C10H17N3O4S. The van der Waals surface area contributed by atoms with Crippen LogP contribution in [0, 0.1) is 0 Å². The molecular weight excluding hydrogens is 258 g/mol. The molecule has 1 aromatic heterocycles. The number of nitrogens with zero attached hydrogens (tertiary/aromatic N) is 3. The van der Waals surface area contributed by atoms with Gasteiger partial charge < -0.3 is 19.1 Å². The molecule has 0 amide bonds. The van der Waals surface area contributed by atoms with Crippen LogP contribution in [-0.4, -0.2) is 59.0 Å². The number of methoxy groups -OCH3 is 2. The maximum Gasteiger partial charge on any atom is 0.313 e. The van der Waals surface area contributed by atoms with Crippen molar-refractivity contribution >= 4 is 17.7 Å². The molecule has 0 bridgehead atoms. The minimum atomic E-state index is -0.875. The summed E-state index contributed by atoms with van der Waals surface area (Å²) in [6, 6.07) is 0. The molecule has 0 saturated carbocycles. The van der Waals surface area contributed by atoms with Crippen molar-refractivity contribution in [3.63, 3.8) is 0 Å². The third kappa shape index (κ3) is 4.63. The van der Waals surface area contributed by atoms with Crippen molar-refractivity contribution < 1.29 is 19.4 Å². The van der Waals surface area contributed by atoms with Crippen LogP contribution in [0.1, 0.15) is 5.82 Å². The summed E-state index contributed by atoms with van der Waals surface area (Å²) >= 11 is 1.15. The maximum atomic E-state index is 10.6. The quantitative estimate of drug-likeness (QED) is 0.648. The van der Waals surface area contributed by atoms with Crippen LogP contribution in [0.2, 0.25) is 0 Å². The zero-order valence-corrected chi connectivity index (χ0v) is 11.3. The van der Waals surface area contributed by atoms with Crippen molar-refractivity contribution in [2.24, 2.45) is 0 Å². The van der Waals surface area contributed by atoms with Gasteiger partial charge in [-0.2, -0.15) is 0 Å². The Kier molecular flexibility index (Phi) is 6.69. The summed E-state index contributed by atoms with van der Waals surface area (Å²) in [5.74, 6) is -0.128. The molecule has 18 heavy (non-hydrogen) atoms. The van der Waals surface area contributed by atoms with Gasteiger partial charge in [0.15, 0.2) is 5.16 Å². The van der Waals surface area contributed by atoms with E-state index in [1.807, 2.05) is 4.57 Å². The number of rotatable bonds is 9. The predicted octanol–water partition coefficient (Wildman–Crippen LogP) is 0.290. The zero-order chi connectivity index (χ0) is 13.4. The number of aliphatic carboxylic acids is 1. The van der Waals surface area contributed by atoms with E-state index in [1.54, 1.807) is 14.2 Å². The number of carbonyl (C=O) groups is 1. The third-order valence-electron chi connectivity index (χ3n) is 2.17. The Bertz CT molecular complexity index is 383. The Balaban J connectivity index is 2.74. The Hall–Kier alpha value is -1.12. The molecule has 8 heteroatoms. The topological polar surface area (TPSA) is 86.5 Å². The van der Waals surface area contributed by atoms with Crippen molar-refractivity contribution in [2.75, 3.05) is 33.2 Å². The lowest BCUT2D eigenvalue weighted by Crippen LogP contribution is -2.12. The van der Waals surface area contributed by atoms with Crippen LogP contribution in [0.3, 0.4) is 0 Å². The number of hydrogen-bond donors (Lipinski definition) is 1. The number of aromatic nitrogens is 3. The van der Waals surface area contributed by atoms with Gasteiger partial charge in [-0.05, 0) is 0 Å². The monoisotopic (exact) mass is 275 g/mol. The first-order chi connectivity index (χ1) is 8.69. The number of ether oxygens (including phenoxy) is 2. The third-order valence-corrected chi connectivity index (χ3v) is 3.12. The van der Waals surface area contributed by atoms with E-state index >= 15 is 0 Å². The smallest absolute Gasteiger partial charge is 0.313 e. The Morgan fingerprint density at radius 2 is 2.06 bits per heavy atom. The highest BCUT2D eigenvalue weighted by Gasteiger charge is 2.13. The molecule has 1 aromatic rings. The largest absolute Gasteiger partial charge is 0.481 e. The summed E-state index contributed by atoms with van der Waals surface area (Å²) in [6.45, 7) is 1.68. The molecule has 1 rings (SSSR count). The Labute approximate surface area is 109 Å². The first-order valence-electron chi connectivity index (χ1n) is 5.43. The lowest BCUT2D eigenvalue weighted by atomic mass is 10.4. The van der Waals surface area contributed by atoms with Gasteiger partial charge in [-0.1, -0.05) is 11.8 Å². The van der Waals surface area contributed by atoms with E-state index in [0.29, 0.717) is 31.3 Å². The second-order valence-corrected chi connectivity index (χ2v) is 4.41. The highest BCUT2D eigenvalue weighted by molar-refractivity contribution is 7.99. The summed E-state index contributed by atoms with van der Waals surface area (Å²) in [5, 5.41) is 17.3. The van der Waals surface area contributed by atoms with Crippen molar-refractivity contribution in [1.82, 2.24) is 14.8 Å². The van der Waals surface area contributed by atoms with Crippen molar-refractivity contribution in [1.29, 1.82) is 0 Å². The molecule has 0 saturated heterocycles. The predicted molar refractivity (Wildman–Crippen MR) is 65.8 cm³/mol. The van der Waals surface area contributed by atoms with Gasteiger partial charge in [-0.3, -0.25) is 4.79 Å². The van der Waals surface area contributed by atoms with Gasteiger partial charge in [0.2, 0.25) is 0 Å². The fourth-order valence-corrected chi connectivity index (χ4v) is 2.04. The molecule has 0 aliphatic carbocycles. The molecule has 0 atom stereocenters. The number of carboxylic acids is 1. The SMILES string of the molecule is COCCc1nnc(SCC(=O)O)n1CCOC. The molecule has 102 valence electrons. The van der Waals surface area contributed by atoms with Gasteiger partial charge in [-0.25, -0.2) is 0 Å². The number of carboxylic acid groups (broad SMARTS) is 1. The molecule has 0 aliphatic rings. The van der Waals surface area contributed by atoms with Crippen LogP contribution < -0.4 is 0 Å². The zero-order valence-electron chi connectivity index (χ0n) is 10.5. The summed E-state index contributed by atoms with van der Waals surface area (Å²) in [5.41, 5.74) is 0. The summed E-state index contributed by atoms with van der Waals surface area (Å²) in [4.78, 5) is 10.6. The van der Waals surface area contributed by atoms with Crippen LogP contribution in [0.4, 0.5) is 0 Å². The number of thioether (sulfide) groups is 1. The van der Waals surface area contributed by atoms with Crippen molar-refractivity contribution in [3.8, 4) is 0 Å². The van der Waals surface area contributed by atoms with Gasteiger partial charge >= 0.3 is 5.97 Å². The van der Waals surface area contributed by atoms with E-state index in [-0.39, 0.29) is 5.75 Å². The Morgan fingerprint density at radius 1 is 1.33 bits per heavy atom. The minimum Gasteiger partial charge on any atom is -0.481 e. The van der Waals surface area contributed by atoms with E-state index < -0.39 is 5.97 Å². The summed E-state index contributed by atoms with van der Waals surface area (Å²) in [7, 11) is 3.24. The standard InChI is InChI=1S/C10H17N3O4S/c1-16-5-3-8-11-12-10(18-7-9(14)15)13(8)4-6-17-2/h3-7H2,1-2H3,(H,14,15). The van der Waals surface area contributed by atoms with Crippen LogP contribution in [0.25, 0.3) is 0 Å². The maximum absolute atomic E-state index is 10.6. The molecule has 7 nitrogen and oxygen atoms in total. The van der Waals surface area contributed by atoms with E-state index in [9.17, 15) is 4.79 Å². The van der Waals surface area contributed by atoms with Gasteiger partial charge in [0.25, 0.3) is 0 Å². The highest BCUT2D eigenvalue weighted by Crippen LogP contribution is 2.17. The lowest BCUT2D eigenvalue weighted by molar-refractivity contribution is -0.133. The van der Waals surface area contributed by atoms with E-state index in [1.165, 1.54) is 0 Å². The van der Waals surface area contributed by atoms with Crippen molar-refractivity contribution in [3.05, 3.63) is 5.82 Å². The average Bonchev–Trinajstić information content (AvgIpc) is 2.73. The average molecular weight is 275 g/mol. The van der Waals surface area contributed by atoms with Crippen LogP contribution in [0.5, 0.6) is 0 Å². The normalized spacial score (nSPS) is 10.8. The van der Waals surface area contributed by atoms with Gasteiger partial charge in [0, 0.05) is 27.2 Å². The first kappa shape index (κ1) is 14.9.